The van der Waals surface area contributed by atoms with Crippen LogP contribution in [0.5, 0.6) is 0 Å². The van der Waals surface area contributed by atoms with E-state index in [1.807, 2.05) is 0 Å². The molecule has 2 aliphatic rings. The molecule has 0 saturated carbocycles. The highest BCUT2D eigenvalue weighted by Gasteiger charge is 2.47. The smallest absolute Gasteiger partial charge is 0.183 e. The Kier molecular flexibility index (Phi) is 5.48. The zero-order valence-electron chi connectivity index (χ0n) is 11.2. The highest BCUT2D eigenvalue weighted by Crippen LogP contribution is 2.25. The van der Waals surface area contributed by atoms with Crippen LogP contribution in [0.4, 0.5) is 0 Å². The van der Waals surface area contributed by atoms with E-state index in [1.165, 1.54) is 0 Å². The van der Waals surface area contributed by atoms with Gasteiger partial charge < -0.3 is 51.2 Å². The van der Waals surface area contributed by atoms with Gasteiger partial charge in [-0.1, -0.05) is 0 Å². The van der Waals surface area contributed by atoms with E-state index in [4.69, 9.17) is 25.7 Å². The van der Waals surface area contributed by atoms with Crippen molar-refractivity contribution in [1.82, 2.24) is 0 Å². The first-order valence-electron chi connectivity index (χ1n) is 6.65. The molecule has 2 aliphatic heterocycles. The Labute approximate surface area is 120 Å². The van der Waals surface area contributed by atoms with Gasteiger partial charge in [0, 0.05) is 6.54 Å². The standard InChI is InChI=1S/C11H22N2O8/c12-1-4-6(15)7(16)5(13)11(20-4)21-9-3(14)2-19-10(18)8(9)17/h3-11,14-18H,1-2,12-13H2/t3-,4+,5-,6-,7-,8-,9-,10?,11-/m1/s1. The van der Waals surface area contributed by atoms with E-state index >= 15 is 0 Å². The molecule has 2 rings (SSSR count). The van der Waals surface area contributed by atoms with Gasteiger partial charge in [-0.2, -0.15) is 0 Å². The lowest BCUT2D eigenvalue weighted by Gasteiger charge is -2.44. The summed E-state index contributed by atoms with van der Waals surface area (Å²) in [5.74, 6) is 0. The summed E-state index contributed by atoms with van der Waals surface area (Å²) >= 11 is 0. The number of ether oxygens (including phenoxy) is 3. The second kappa shape index (κ2) is 6.79. The van der Waals surface area contributed by atoms with Crippen LogP contribution < -0.4 is 11.5 Å². The lowest BCUT2D eigenvalue weighted by molar-refractivity contribution is -0.322. The molecule has 2 heterocycles. The molecule has 0 amide bonds. The van der Waals surface area contributed by atoms with Gasteiger partial charge in [0.15, 0.2) is 12.6 Å². The van der Waals surface area contributed by atoms with Crippen molar-refractivity contribution in [3.63, 3.8) is 0 Å². The SMILES string of the molecule is NC[C@@H]1O[C@H](O[C@@H]2[C@H](O)COC(O)[C@@H]2O)[C@H](N)[C@@H](O)[C@@H]1O. The molecule has 0 spiro atoms. The van der Waals surface area contributed by atoms with Crippen molar-refractivity contribution in [3.8, 4) is 0 Å². The fourth-order valence-corrected chi connectivity index (χ4v) is 2.38. The number of aliphatic hydroxyl groups is 5. The van der Waals surface area contributed by atoms with E-state index < -0.39 is 55.2 Å². The summed E-state index contributed by atoms with van der Waals surface area (Å²) < 4.78 is 15.4. The molecule has 0 bridgehead atoms. The van der Waals surface area contributed by atoms with Gasteiger partial charge >= 0.3 is 0 Å². The molecule has 2 fully saturated rings. The molecule has 2 saturated heterocycles. The third kappa shape index (κ3) is 3.35. The average Bonchev–Trinajstić information content (AvgIpc) is 2.47. The molecule has 0 radical (unpaired) electrons. The van der Waals surface area contributed by atoms with Gasteiger partial charge in [-0.05, 0) is 0 Å². The fourth-order valence-electron chi connectivity index (χ4n) is 2.38. The highest BCUT2D eigenvalue weighted by atomic mass is 16.7. The zero-order chi connectivity index (χ0) is 15.7. The molecule has 21 heavy (non-hydrogen) atoms. The highest BCUT2D eigenvalue weighted by molar-refractivity contribution is 4.93. The Bertz CT molecular complexity index is 346. The zero-order valence-corrected chi connectivity index (χ0v) is 11.2. The predicted octanol–water partition coefficient (Wildman–Crippen LogP) is -4.83. The van der Waals surface area contributed by atoms with Crippen molar-refractivity contribution >= 4 is 0 Å². The summed E-state index contributed by atoms with van der Waals surface area (Å²) in [5, 5.41) is 48.5. The molecule has 9 atom stereocenters. The van der Waals surface area contributed by atoms with Crippen LogP contribution in [0.15, 0.2) is 0 Å². The van der Waals surface area contributed by atoms with Crippen LogP contribution in [0, 0.1) is 0 Å². The quantitative estimate of drug-likeness (QED) is 0.267. The molecular formula is C11H22N2O8. The van der Waals surface area contributed by atoms with E-state index in [1.54, 1.807) is 0 Å². The van der Waals surface area contributed by atoms with Crippen molar-refractivity contribution < 1.29 is 39.7 Å². The molecule has 1 unspecified atom stereocenters. The van der Waals surface area contributed by atoms with E-state index in [2.05, 4.69) is 0 Å². The van der Waals surface area contributed by atoms with Crippen molar-refractivity contribution in [2.24, 2.45) is 11.5 Å². The lowest BCUT2D eigenvalue weighted by Crippen LogP contribution is -2.65. The van der Waals surface area contributed by atoms with Crippen LogP contribution in [0.2, 0.25) is 0 Å². The topological polar surface area (TPSA) is 181 Å². The largest absolute Gasteiger partial charge is 0.388 e. The van der Waals surface area contributed by atoms with Gasteiger partial charge in [0.1, 0.15) is 36.6 Å². The molecule has 0 aliphatic carbocycles. The Balaban J connectivity index is 2.06. The van der Waals surface area contributed by atoms with Gasteiger partial charge in [0.05, 0.1) is 12.6 Å². The van der Waals surface area contributed by atoms with Crippen molar-refractivity contribution in [1.29, 1.82) is 0 Å². The van der Waals surface area contributed by atoms with Crippen LogP contribution >= 0.6 is 0 Å². The maximum atomic E-state index is 9.84. The molecular weight excluding hydrogens is 288 g/mol. The second-order valence-electron chi connectivity index (χ2n) is 5.22. The number of nitrogens with two attached hydrogens (primary N) is 2. The van der Waals surface area contributed by atoms with Crippen LogP contribution in [0.1, 0.15) is 0 Å². The summed E-state index contributed by atoms with van der Waals surface area (Å²) in [6.45, 7) is -0.317. The number of hydrogen-bond acceptors (Lipinski definition) is 10. The van der Waals surface area contributed by atoms with Crippen LogP contribution in [0.25, 0.3) is 0 Å². The maximum Gasteiger partial charge on any atom is 0.183 e. The molecule has 0 aromatic heterocycles. The van der Waals surface area contributed by atoms with E-state index in [0.717, 1.165) is 0 Å². The van der Waals surface area contributed by atoms with Gasteiger partial charge in [-0.3, -0.25) is 0 Å². The summed E-state index contributed by atoms with van der Waals surface area (Å²) in [6, 6.07) is -1.11. The van der Waals surface area contributed by atoms with Gasteiger partial charge in [-0.25, -0.2) is 0 Å². The summed E-state index contributed by atoms with van der Waals surface area (Å²) in [6.07, 6.45) is -10.2. The summed E-state index contributed by atoms with van der Waals surface area (Å²) in [5.41, 5.74) is 11.1. The third-order valence-corrected chi connectivity index (χ3v) is 3.72. The predicted molar refractivity (Wildman–Crippen MR) is 66.5 cm³/mol. The van der Waals surface area contributed by atoms with Gasteiger partial charge in [-0.15, -0.1) is 0 Å². The number of hydrogen-bond donors (Lipinski definition) is 7. The molecule has 0 aromatic rings. The van der Waals surface area contributed by atoms with Crippen LogP contribution in [-0.2, 0) is 14.2 Å². The normalized spacial score (nSPS) is 51.9. The van der Waals surface area contributed by atoms with E-state index in [9.17, 15) is 25.5 Å². The van der Waals surface area contributed by atoms with Crippen LogP contribution in [0.3, 0.4) is 0 Å². The fraction of sp³-hybridized carbons (Fsp3) is 1.00. The minimum absolute atomic E-state index is 0.0771. The summed E-state index contributed by atoms with van der Waals surface area (Å²) in [4.78, 5) is 0. The first-order valence-corrected chi connectivity index (χ1v) is 6.65. The first kappa shape index (κ1) is 17.0. The minimum Gasteiger partial charge on any atom is -0.388 e. The lowest BCUT2D eigenvalue weighted by atomic mass is 9.97. The Hall–Kier alpha value is -0.400. The Morgan fingerprint density at radius 2 is 1.71 bits per heavy atom. The van der Waals surface area contributed by atoms with Crippen molar-refractivity contribution in [2.45, 2.75) is 55.2 Å². The average molecular weight is 310 g/mol. The maximum absolute atomic E-state index is 9.84. The molecule has 10 nitrogen and oxygen atoms in total. The monoisotopic (exact) mass is 310 g/mol. The Morgan fingerprint density at radius 3 is 2.33 bits per heavy atom. The Morgan fingerprint density at radius 1 is 1.05 bits per heavy atom. The van der Waals surface area contributed by atoms with E-state index in [0.29, 0.717) is 0 Å². The number of rotatable bonds is 3. The molecule has 124 valence electrons. The van der Waals surface area contributed by atoms with E-state index in [-0.39, 0.29) is 13.2 Å². The summed E-state index contributed by atoms with van der Waals surface area (Å²) in [7, 11) is 0. The number of aliphatic hydroxyl groups excluding tert-OH is 5. The van der Waals surface area contributed by atoms with Crippen molar-refractivity contribution in [2.75, 3.05) is 13.2 Å². The second-order valence-corrected chi connectivity index (χ2v) is 5.22. The van der Waals surface area contributed by atoms with Crippen LogP contribution in [-0.4, -0.2) is 93.9 Å². The molecule has 10 heteroatoms. The minimum atomic E-state index is -1.51. The molecule has 9 N–H and O–H groups in total. The van der Waals surface area contributed by atoms with Gasteiger partial charge in [0.2, 0.25) is 0 Å². The first-order chi connectivity index (χ1) is 9.86. The van der Waals surface area contributed by atoms with Crippen molar-refractivity contribution in [3.05, 3.63) is 0 Å². The molecule has 0 aromatic carbocycles. The third-order valence-electron chi connectivity index (χ3n) is 3.72. The van der Waals surface area contributed by atoms with Gasteiger partial charge in [0.25, 0.3) is 0 Å².